The molecule has 1 atom stereocenters. The van der Waals surface area contributed by atoms with Crippen LogP contribution in [0.25, 0.3) is 0 Å². The standard InChI is InChI=1S/C19H25FN4O5S2/c1-14(18(26)21-7-10-24-17(25)13-30-19(24)27)22-8-2-9-23(12-11-22)31(28,29)16-5-3-15(20)4-6-16/h3-6,14H,2,7-13H2,1H3,(H,21,26)/t14-/m1/s1. The van der Waals surface area contributed by atoms with E-state index in [2.05, 4.69) is 5.32 Å². The average molecular weight is 473 g/mol. The number of thioether (sulfide) groups is 1. The van der Waals surface area contributed by atoms with Crippen molar-refractivity contribution in [1.29, 1.82) is 0 Å². The van der Waals surface area contributed by atoms with E-state index in [1.54, 1.807) is 6.92 Å². The lowest BCUT2D eigenvalue weighted by Crippen LogP contribution is -2.48. The van der Waals surface area contributed by atoms with Gasteiger partial charge in [-0.25, -0.2) is 12.8 Å². The molecule has 2 saturated heterocycles. The molecular formula is C19H25FN4O5S2. The summed E-state index contributed by atoms with van der Waals surface area (Å²) >= 11 is 0.949. The van der Waals surface area contributed by atoms with Gasteiger partial charge in [0.05, 0.1) is 16.7 Å². The molecule has 1 aromatic carbocycles. The number of hydrogen-bond donors (Lipinski definition) is 1. The summed E-state index contributed by atoms with van der Waals surface area (Å²) in [5.41, 5.74) is 0. The number of imide groups is 1. The minimum Gasteiger partial charge on any atom is -0.353 e. The lowest BCUT2D eigenvalue weighted by atomic mass is 10.2. The highest BCUT2D eigenvalue weighted by Gasteiger charge is 2.31. The van der Waals surface area contributed by atoms with Gasteiger partial charge in [-0.1, -0.05) is 11.8 Å². The number of hydrogen-bond acceptors (Lipinski definition) is 7. The number of rotatable bonds is 7. The molecule has 2 aliphatic rings. The Balaban J connectivity index is 1.52. The van der Waals surface area contributed by atoms with Crippen LogP contribution < -0.4 is 5.32 Å². The van der Waals surface area contributed by atoms with Gasteiger partial charge in [-0.2, -0.15) is 4.31 Å². The highest BCUT2D eigenvalue weighted by molar-refractivity contribution is 8.14. The summed E-state index contributed by atoms with van der Waals surface area (Å²) in [6.45, 7) is 3.47. The third-order valence-electron chi connectivity index (χ3n) is 5.34. The van der Waals surface area contributed by atoms with Crippen LogP contribution in [0.5, 0.6) is 0 Å². The number of amides is 3. The largest absolute Gasteiger partial charge is 0.353 e. The zero-order chi connectivity index (χ0) is 22.6. The first-order chi connectivity index (χ1) is 14.7. The highest BCUT2D eigenvalue weighted by Crippen LogP contribution is 2.19. The van der Waals surface area contributed by atoms with Gasteiger partial charge in [0.1, 0.15) is 5.82 Å². The van der Waals surface area contributed by atoms with E-state index >= 15 is 0 Å². The molecule has 1 aromatic rings. The zero-order valence-corrected chi connectivity index (χ0v) is 18.8. The van der Waals surface area contributed by atoms with Gasteiger partial charge in [-0.15, -0.1) is 0 Å². The van der Waals surface area contributed by atoms with Crippen molar-refractivity contribution in [3.63, 3.8) is 0 Å². The van der Waals surface area contributed by atoms with E-state index < -0.39 is 21.9 Å². The fourth-order valence-electron chi connectivity index (χ4n) is 3.50. The Kier molecular flexibility index (Phi) is 7.68. The van der Waals surface area contributed by atoms with Crippen LogP contribution in [-0.2, 0) is 19.6 Å². The molecule has 3 rings (SSSR count). The summed E-state index contributed by atoms with van der Waals surface area (Å²) < 4.78 is 40.1. The van der Waals surface area contributed by atoms with Crippen molar-refractivity contribution in [2.75, 3.05) is 45.0 Å². The predicted octanol–water partition coefficient (Wildman–Crippen LogP) is 0.722. The quantitative estimate of drug-likeness (QED) is 0.623. The number of sulfonamides is 1. The second kappa shape index (κ2) is 10.1. The minimum absolute atomic E-state index is 0.0392. The molecule has 2 fully saturated rings. The van der Waals surface area contributed by atoms with E-state index in [4.69, 9.17) is 0 Å². The Bertz CT molecular complexity index is 925. The lowest BCUT2D eigenvalue weighted by molar-refractivity contribution is -0.127. The third-order valence-corrected chi connectivity index (χ3v) is 8.11. The summed E-state index contributed by atoms with van der Waals surface area (Å²) in [4.78, 5) is 38.8. The van der Waals surface area contributed by atoms with Crippen molar-refractivity contribution in [2.45, 2.75) is 24.3 Å². The van der Waals surface area contributed by atoms with Crippen molar-refractivity contribution < 1.29 is 27.2 Å². The topological polar surface area (TPSA) is 107 Å². The van der Waals surface area contributed by atoms with Gasteiger partial charge in [0, 0.05) is 39.3 Å². The van der Waals surface area contributed by atoms with Gasteiger partial charge < -0.3 is 5.32 Å². The molecule has 2 aliphatic heterocycles. The maximum Gasteiger partial charge on any atom is 0.288 e. The molecule has 0 aliphatic carbocycles. The summed E-state index contributed by atoms with van der Waals surface area (Å²) in [5.74, 6) is -0.874. The molecule has 31 heavy (non-hydrogen) atoms. The number of carbonyl (C=O) groups is 3. The van der Waals surface area contributed by atoms with Crippen molar-refractivity contribution in [2.24, 2.45) is 0 Å². The van der Waals surface area contributed by atoms with Crippen LogP contribution >= 0.6 is 11.8 Å². The maximum atomic E-state index is 13.1. The van der Waals surface area contributed by atoms with E-state index in [-0.39, 0.29) is 47.3 Å². The van der Waals surface area contributed by atoms with E-state index in [1.165, 1.54) is 16.4 Å². The molecule has 170 valence electrons. The van der Waals surface area contributed by atoms with E-state index in [1.807, 2.05) is 4.90 Å². The smallest absolute Gasteiger partial charge is 0.288 e. The van der Waals surface area contributed by atoms with E-state index in [9.17, 15) is 27.2 Å². The van der Waals surface area contributed by atoms with Crippen molar-refractivity contribution in [3.8, 4) is 0 Å². The summed E-state index contributed by atoms with van der Waals surface area (Å²) in [6.07, 6.45) is 0.548. The van der Waals surface area contributed by atoms with Crippen molar-refractivity contribution >= 4 is 38.8 Å². The van der Waals surface area contributed by atoms with E-state index in [0.717, 1.165) is 28.8 Å². The summed E-state index contributed by atoms with van der Waals surface area (Å²) in [5, 5.41) is 2.43. The molecule has 0 unspecified atom stereocenters. The van der Waals surface area contributed by atoms with Crippen LogP contribution in [0, 0.1) is 5.82 Å². The Labute approximate surface area is 185 Å². The Morgan fingerprint density at radius 2 is 1.87 bits per heavy atom. The Hall–Kier alpha value is -2.02. The second-order valence-corrected chi connectivity index (χ2v) is 10.2. The number of nitrogens with zero attached hydrogens (tertiary/aromatic N) is 3. The van der Waals surface area contributed by atoms with Gasteiger partial charge in [0.25, 0.3) is 5.24 Å². The first kappa shape index (κ1) is 23.6. The van der Waals surface area contributed by atoms with Gasteiger partial charge in [-0.05, 0) is 37.6 Å². The Morgan fingerprint density at radius 1 is 1.16 bits per heavy atom. The fourth-order valence-corrected chi connectivity index (χ4v) is 5.72. The third kappa shape index (κ3) is 5.62. The van der Waals surface area contributed by atoms with E-state index in [0.29, 0.717) is 26.1 Å². The molecule has 0 aromatic heterocycles. The molecule has 3 amide bonds. The Morgan fingerprint density at radius 3 is 2.52 bits per heavy atom. The van der Waals surface area contributed by atoms with Gasteiger partial charge >= 0.3 is 0 Å². The molecular weight excluding hydrogens is 447 g/mol. The average Bonchev–Trinajstić information content (AvgIpc) is 2.94. The fraction of sp³-hybridized carbons (Fsp3) is 0.526. The summed E-state index contributed by atoms with van der Waals surface area (Å²) in [6, 6.07) is 4.24. The molecule has 0 radical (unpaired) electrons. The van der Waals surface area contributed by atoms with Crippen molar-refractivity contribution in [3.05, 3.63) is 30.1 Å². The normalized spacial score (nSPS) is 20.0. The van der Waals surface area contributed by atoms with Crippen molar-refractivity contribution in [1.82, 2.24) is 19.4 Å². The zero-order valence-electron chi connectivity index (χ0n) is 17.1. The molecule has 0 spiro atoms. The van der Waals surface area contributed by atoms with Gasteiger partial charge in [0.2, 0.25) is 21.8 Å². The van der Waals surface area contributed by atoms with Crippen LogP contribution in [0.1, 0.15) is 13.3 Å². The molecule has 0 saturated carbocycles. The predicted molar refractivity (Wildman–Crippen MR) is 113 cm³/mol. The number of nitrogens with one attached hydrogen (secondary N) is 1. The minimum atomic E-state index is -3.74. The van der Waals surface area contributed by atoms with Gasteiger partial charge in [-0.3, -0.25) is 24.2 Å². The number of halogens is 1. The first-order valence-corrected chi connectivity index (χ1v) is 12.4. The highest BCUT2D eigenvalue weighted by atomic mass is 32.2. The van der Waals surface area contributed by atoms with Gasteiger partial charge in [0.15, 0.2) is 0 Å². The lowest BCUT2D eigenvalue weighted by Gasteiger charge is -2.27. The maximum absolute atomic E-state index is 13.1. The molecule has 1 N–H and O–H groups in total. The van der Waals surface area contributed by atoms with Crippen LogP contribution in [0.3, 0.4) is 0 Å². The second-order valence-electron chi connectivity index (χ2n) is 7.31. The monoisotopic (exact) mass is 472 g/mol. The van der Waals surface area contributed by atoms with Crippen LogP contribution in [0.4, 0.5) is 9.18 Å². The molecule has 0 bridgehead atoms. The SMILES string of the molecule is C[C@H](C(=O)NCCN1C(=O)CSC1=O)N1CCCN(S(=O)(=O)c2ccc(F)cc2)CC1. The number of carbonyl (C=O) groups excluding carboxylic acids is 3. The summed E-state index contributed by atoms with van der Waals surface area (Å²) in [7, 11) is -3.74. The van der Waals surface area contributed by atoms with Crippen LogP contribution in [0.2, 0.25) is 0 Å². The molecule has 12 heteroatoms. The molecule has 9 nitrogen and oxygen atoms in total. The van der Waals surface area contributed by atoms with Crippen LogP contribution in [0.15, 0.2) is 29.2 Å². The first-order valence-electron chi connectivity index (χ1n) is 9.95. The number of benzene rings is 1. The molecule has 2 heterocycles. The van der Waals surface area contributed by atoms with Crippen LogP contribution in [-0.4, -0.2) is 90.6 Å².